The molecule has 0 spiro atoms. The van der Waals surface area contributed by atoms with Gasteiger partial charge in [-0.15, -0.1) is 11.3 Å². The summed E-state index contributed by atoms with van der Waals surface area (Å²) in [7, 11) is 0. The number of hydrogen-bond acceptors (Lipinski definition) is 3. The van der Waals surface area contributed by atoms with Gasteiger partial charge in [-0.3, -0.25) is 14.5 Å². The summed E-state index contributed by atoms with van der Waals surface area (Å²) in [6.45, 7) is 4.01. The monoisotopic (exact) mass is 446 g/mol. The van der Waals surface area contributed by atoms with Crippen LogP contribution < -0.4 is 10.2 Å². The van der Waals surface area contributed by atoms with E-state index in [0.29, 0.717) is 0 Å². The van der Waals surface area contributed by atoms with Crippen molar-refractivity contribution in [1.82, 2.24) is 5.32 Å². The van der Waals surface area contributed by atoms with Crippen LogP contribution in [0.1, 0.15) is 53.3 Å². The van der Waals surface area contributed by atoms with E-state index in [1.807, 2.05) is 79.9 Å². The molecule has 0 radical (unpaired) electrons. The summed E-state index contributed by atoms with van der Waals surface area (Å²) < 4.78 is 0. The molecule has 4 nitrogen and oxygen atoms in total. The summed E-state index contributed by atoms with van der Waals surface area (Å²) in [5, 5.41) is 5.22. The first-order valence-electron chi connectivity index (χ1n) is 11.3. The van der Waals surface area contributed by atoms with E-state index in [1.54, 1.807) is 16.2 Å². The number of carbonyl (C=O) groups is 2. The van der Waals surface area contributed by atoms with Crippen LogP contribution in [0.4, 0.5) is 5.69 Å². The molecule has 0 unspecified atom stereocenters. The number of anilines is 1. The molecule has 1 atom stereocenters. The SMILES string of the molecule is Cc1ccc(C)c(N(C(=O)Cc2cccs2)[C@H](C(=O)NC2CCCC2)c2ccccc2)c1. The predicted octanol–water partition coefficient (Wildman–Crippen LogP) is 5.74. The molecule has 1 aliphatic rings. The van der Waals surface area contributed by atoms with Gasteiger partial charge in [0.25, 0.3) is 0 Å². The average molecular weight is 447 g/mol. The average Bonchev–Trinajstić information content (AvgIpc) is 3.48. The van der Waals surface area contributed by atoms with E-state index in [4.69, 9.17) is 0 Å². The van der Waals surface area contributed by atoms with E-state index < -0.39 is 6.04 Å². The molecule has 32 heavy (non-hydrogen) atoms. The lowest BCUT2D eigenvalue weighted by molar-refractivity contribution is -0.127. The Kier molecular flexibility index (Phi) is 7.05. The highest BCUT2D eigenvalue weighted by Gasteiger charge is 2.35. The number of aryl methyl sites for hydroxylation is 2. The fraction of sp³-hybridized carbons (Fsp3) is 0.333. The van der Waals surface area contributed by atoms with Gasteiger partial charge in [0.2, 0.25) is 11.8 Å². The summed E-state index contributed by atoms with van der Waals surface area (Å²) in [6.07, 6.45) is 4.54. The van der Waals surface area contributed by atoms with Crippen molar-refractivity contribution in [2.24, 2.45) is 0 Å². The molecule has 1 fully saturated rings. The van der Waals surface area contributed by atoms with Crippen molar-refractivity contribution < 1.29 is 9.59 Å². The Morgan fingerprint density at radius 3 is 2.47 bits per heavy atom. The molecule has 0 saturated heterocycles. The van der Waals surface area contributed by atoms with Gasteiger partial charge in [0.1, 0.15) is 6.04 Å². The fourth-order valence-electron chi connectivity index (χ4n) is 4.45. The van der Waals surface area contributed by atoms with Crippen LogP contribution in [0.25, 0.3) is 0 Å². The molecule has 0 aliphatic heterocycles. The third kappa shape index (κ3) is 5.10. The Hall–Kier alpha value is -2.92. The second kappa shape index (κ2) is 10.1. The lowest BCUT2D eigenvalue weighted by Crippen LogP contribution is -2.47. The third-order valence-corrected chi connectivity index (χ3v) is 7.00. The van der Waals surface area contributed by atoms with E-state index in [9.17, 15) is 9.59 Å². The first-order valence-corrected chi connectivity index (χ1v) is 12.2. The number of carbonyl (C=O) groups excluding carboxylic acids is 2. The molecule has 4 rings (SSSR count). The van der Waals surface area contributed by atoms with Gasteiger partial charge >= 0.3 is 0 Å². The summed E-state index contributed by atoms with van der Waals surface area (Å²) in [5.41, 5.74) is 3.65. The van der Waals surface area contributed by atoms with Gasteiger partial charge in [-0.2, -0.15) is 0 Å². The number of thiophene rings is 1. The van der Waals surface area contributed by atoms with E-state index in [-0.39, 0.29) is 24.3 Å². The number of amides is 2. The minimum absolute atomic E-state index is 0.0726. The summed E-state index contributed by atoms with van der Waals surface area (Å²) in [4.78, 5) is 30.2. The van der Waals surface area contributed by atoms with Gasteiger partial charge in [0, 0.05) is 16.6 Å². The van der Waals surface area contributed by atoms with Crippen molar-refractivity contribution in [1.29, 1.82) is 0 Å². The van der Waals surface area contributed by atoms with Crippen molar-refractivity contribution in [2.45, 2.75) is 58.0 Å². The summed E-state index contributed by atoms with van der Waals surface area (Å²) in [5.74, 6) is -0.180. The van der Waals surface area contributed by atoms with Crippen molar-refractivity contribution >= 4 is 28.8 Å². The second-order valence-electron chi connectivity index (χ2n) is 8.61. The van der Waals surface area contributed by atoms with E-state index >= 15 is 0 Å². The maximum Gasteiger partial charge on any atom is 0.248 e. The fourth-order valence-corrected chi connectivity index (χ4v) is 5.14. The number of nitrogens with one attached hydrogen (secondary N) is 1. The molecule has 1 heterocycles. The van der Waals surface area contributed by atoms with Crippen LogP contribution in [0.15, 0.2) is 66.0 Å². The maximum atomic E-state index is 13.8. The molecule has 1 aliphatic carbocycles. The van der Waals surface area contributed by atoms with Gasteiger partial charge in [-0.05, 0) is 60.9 Å². The van der Waals surface area contributed by atoms with E-state index in [0.717, 1.165) is 52.9 Å². The smallest absolute Gasteiger partial charge is 0.248 e. The van der Waals surface area contributed by atoms with E-state index in [1.165, 1.54) is 0 Å². The lowest BCUT2D eigenvalue weighted by atomic mass is 10.00. The molecule has 2 aromatic carbocycles. The van der Waals surface area contributed by atoms with Crippen molar-refractivity contribution in [3.8, 4) is 0 Å². The molecule has 2 amide bonds. The van der Waals surface area contributed by atoms with Crippen LogP contribution in [-0.4, -0.2) is 17.9 Å². The highest BCUT2D eigenvalue weighted by Crippen LogP contribution is 2.33. The number of hydrogen-bond donors (Lipinski definition) is 1. The molecule has 1 saturated carbocycles. The van der Waals surface area contributed by atoms with Crippen LogP contribution >= 0.6 is 11.3 Å². The standard InChI is InChI=1S/C27H30N2O2S/c1-19-14-15-20(2)24(17-19)29(25(30)18-23-13-8-16-32-23)26(21-9-4-3-5-10-21)27(31)28-22-11-6-7-12-22/h3-5,8-10,13-17,22,26H,6-7,11-12,18H2,1-2H3,(H,28,31)/t26-/m0/s1. The topological polar surface area (TPSA) is 49.4 Å². The molecule has 1 N–H and O–H groups in total. The highest BCUT2D eigenvalue weighted by atomic mass is 32.1. The Bertz CT molecular complexity index is 1060. The number of benzene rings is 2. The zero-order valence-corrected chi connectivity index (χ0v) is 19.5. The molecule has 1 aromatic heterocycles. The normalized spacial score (nSPS) is 14.8. The van der Waals surface area contributed by atoms with E-state index in [2.05, 4.69) is 5.32 Å². The van der Waals surface area contributed by atoms with Gasteiger partial charge in [0.15, 0.2) is 0 Å². The molecule has 166 valence electrons. The maximum absolute atomic E-state index is 13.8. The van der Waals surface area contributed by atoms with Crippen LogP contribution in [0.3, 0.4) is 0 Å². The minimum atomic E-state index is -0.718. The molecule has 3 aromatic rings. The van der Waals surface area contributed by atoms with Crippen molar-refractivity contribution in [2.75, 3.05) is 4.90 Å². The second-order valence-corrected chi connectivity index (χ2v) is 9.65. The first-order chi connectivity index (χ1) is 15.5. The van der Waals surface area contributed by atoms with Crippen LogP contribution in [0.5, 0.6) is 0 Å². The van der Waals surface area contributed by atoms with Gasteiger partial charge in [-0.1, -0.05) is 61.4 Å². The van der Waals surface area contributed by atoms with Gasteiger partial charge in [0.05, 0.1) is 6.42 Å². The molecular formula is C27H30N2O2S. The predicted molar refractivity (Wildman–Crippen MR) is 131 cm³/mol. The minimum Gasteiger partial charge on any atom is -0.351 e. The zero-order chi connectivity index (χ0) is 22.5. The Morgan fingerprint density at radius 1 is 1.03 bits per heavy atom. The largest absolute Gasteiger partial charge is 0.351 e. The highest BCUT2D eigenvalue weighted by molar-refractivity contribution is 7.10. The third-order valence-electron chi connectivity index (χ3n) is 6.12. The zero-order valence-electron chi connectivity index (χ0n) is 18.7. The number of nitrogens with zero attached hydrogens (tertiary/aromatic N) is 1. The molecule has 0 bridgehead atoms. The number of rotatable bonds is 7. The van der Waals surface area contributed by atoms with Crippen LogP contribution in [0.2, 0.25) is 0 Å². The first kappa shape index (κ1) is 22.3. The molecule has 5 heteroatoms. The van der Waals surface area contributed by atoms with Gasteiger partial charge in [-0.25, -0.2) is 0 Å². The van der Waals surface area contributed by atoms with Gasteiger partial charge < -0.3 is 5.32 Å². The quantitative estimate of drug-likeness (QED) is 0.503. The van der Waals surface area contributed by atoms with Crippen molar-refractivity contribution in [3.63, 3.8) is 0 Å². The Labute approximate surface area is 194 Å². The summed E-state index contributed by atoms with van der Waals surface area (Å²) in [6, 6.07) is 19.1. The Morgan fingerprint density at radius 2 is 1.78 bits per heavy atom. The van der Waals surface area contributed by atoms with Crippen molar-refractivity contribution in [3.05, 3.63) is 87.6 Å². The summed E-state index contributed by atoms with van der Waals surface area (Å²) >= 11 is 1.57. The van der Waals surface area contributed by atoms with Crippen LogP contribution in [-0.2, 0) is 16.0 Å². The lowest BCUT2D eigenvalue weighted by Gasteiger charge is -2.33. The Balaban J connectivity index is 1.78. The molecular weight excluding hydrogens is 416 g/mol. The van der Waals surface area contributed by atoms with Crippen LogP contribution in [0, 0.1) is 13.8 Å².